The van der Waals surface area contributed by atoms with E-state index < -0.39 is 0 Å². The molecule has 2 aliphatic heterocycles. The third-order valence-corrected chi connectivity index (χ3v) is 3.27. The van der Waals surface area contributed by atoms with E-state index in [0.717, 1.165) is 12.5 Å². The lowest BCUT2D eigenvalue weighted by Gasteiger charge is -2.46. The summed E-state index contributed by atoms with van der Waals surface area (Å²) in [5, 5.41) is 3.71. The first-order valence-electron chi connectivity index (χ1n) is 5.77. The third kappa shape index (κ3) is 2.71. The molecule has 2 saturated heterocycles. The molecule has 0 saturated carbocycles. The molecule has 0 aromatic heterocycles. The molecule has 2 fully saturated rings. The zero-order valence-electron chi connectivity index (χ0n) is 9.89. The third-order valence-electron chi connectivity index (χ3n) is 3.27. The Morgan fingerprint density at radius 3 is 2.07 bits per heavy atom. The van der Waals surface area contributed by atoms with Crippen molar-refractivity contribution in [3.8, 4) is 0 Å². The lowest BCUT2D eigenvalue weighted by atomic mass is 9.74. The van der Waals surface area contributed by atoms with E-state index in [2.05, 4.69) is 33.0 Å². The summed E-state index contributed by atoms with van der Waals surface area (Å²) in [7, 11) is 0. The highest BCUT2D eigenvalue weighted by molar-refractivity contribution is 4.97. The molecule has 0 bridgehead atoms. The average molecular weight is 197 g/mol. The van der Waals surface area contributed by atoms with Crippen LogP contribution in [0.25, 0.3) is 0 Å². The van der Waals surface area contributed by atoms with Gasteiger partial charge in [0.25, 0.3) is 0 Å². The van der Waals surface area contributed by atoms with Crippen molar-refractivity contribution in [2.45, 2.75) is 64.1 Å². The molecule has 2 aliphatic rings. The normalized spacial score (nSPS) is 35.6. The van der Waals surface area contributed by atoms with Crippen molar-refractivity contribution in [1.29, 1.82) is 0 Å². The van der Waals surface area contributed by atoms with E-state index in [0.29, 0.717) is 17.2 Å². The molecule has 82 valence electrons. The maximum atomic E-state index is 5.33. The first-order chi connectivity index (χ1) is 6.36. The molecule has 2 nitrogen and oxygen atoms in total. The molecular weight excluding hydrogens is 174 g/mol. The molecule has 0 aliphatic carbocycles. The predicted molar refractivity (Wildman–Crippen MR) is 58.4 cm³/mol. The molecular formula is C12H23NO. The van der Waals surface area contributed by atoms with Crippen LogP contribution in [0.3, 0.4) is 0 Å². The molecule has 1 N–H and O–H groups in total. The van der Waals surface area contributed by atoms with E-state index in [1.54, 1.807) is 0 Å². The van der Waals surface area contributed by atoms with Gasteiger partial charge in [-0.05, 0) is 52.9 Å². The van der Waals surface area contributed by atoms with Crippen LogP contribution >= 0.6 is 0 Å². The van der Waals surface area contributed by atoms with Gasteiger partial charge in [-0.15, -0.1) is 0 Å². The molecule has 0 aromatic rings. The summed E-state index contributed by atoms with van der Waals surface area (Å²) in [6.45, 7) is 10.3. The van der Waals surface area contributed by atoms with Crippen molar-refractivity contribution in [1.82, 2.24) is 5.32 Å². The minimum Gasteiger partial charge on any atom is -0.373 e. The highest BCUT2D eigenvalue weighted by atomic mass is 16.6. The number of epoxide rings is 1. The number of rotatable bonds is 2. The number of hydrogen-bond acceptors (Lipinski definition) is 2. The van der Waals surface area contributed by atoms with Crippen molar-refractivity contribution in [3.63, 3.8) is 0 Å². The van der Waals surface area contributed by atoms with E-state index in [-0.39, 0.29) is 0 Å². The largest absolute Gasteiger partial charge is 0.373 e. The zero-order chi connectivity index (χ0) is 10.4. The fourth-order valence-corrected chi connectivity index (χ4v) is 3.28. The highest BCUT2D eigenvalue weighted by Gasteiger charge is 2.39. The van der Waals surface area contributed by atoms with Crippen LogP contribution in [0.2, 0.25) is 0 Å². The molecule has 2 heteroatoms. The molecule has 1 unspecified atom stereocenters. The summed E-state index contributed by atoms with van der Waals surface area (Å²) >= 11 is 0. The van der Waals surface area contributed by atoms with E-state index in [4.69, 9.17) is 4.74 Å². The smallest absolute Gasteiger partial charge is 0.0812 e. The second-order valence-electron chi connectivity index (χ2n) is 6.36. The maximum absolute atomic E-state index is 5.33. The van der Waals surface area contributed by atoms with Gasteiger partial charge in [0.05, 0.1) is 12.7 Å². The Labute approximate surface area is 87.4 Å². The summed E-state index contributed by atoms with van der Waals surface area (Å²) in [6, 6.07) is 0. The van der Waals surface area contributed by atoms with Gasteiger partial charge in [0.2, 0.25) is 0 Å². The van der Waals surface area contributed by atoms with Crippen LogP contribution in [0.5, 0.6) is 0 Å². The van der Waals surface area contributed by atoms with Crippen molar-refractivity contribution in [3.05, 3.63) is 0 Å². The lowest BCUT2D eigenvalue weighted by molar-refractivity contribution is 0.118. The Morgan fingerprint density at radius 1 is 1.14 bits per heavy atom. The summed E-state index contributed by atoms with van der Waals surface area (Å²) in [5.41, 5.74) is 0.586. The van der Waals surface area contributed by atoms with Crippen molar-refractivity contribution >= 4 is 0 Å². The van der Waals surface area contributed by atoms with E-state index >= 15 is 0 Å². The van der Waals surface area contributed by atoms with E-state index in [9.17, 15) is 0 Å². The molecule has 1 atom stereocenters. The summed E-state index contributed by atoms with van der Waals surface area (Å²) in [6.07, 6.45) is 4.44. The Balaban J connectivity index is 1.96. The molecule has 0 aromatic carbocycles. The molecule has 0 spiro atoms. The molecule has 2 heterocycles. The van der Waals surface area contributed by atoms with Crippen LogP contribution in [0.15, 0.2) is 0 Å². The van der Waals surface area contributed by atoms with E-state index in [1.807, 2.05) is 0 Å². The van der Waals surface area contributed by atoms with Gasteiger partial charge >= 0.3 is 0 Å². The minimum absolute atomic E-state index is 0.293. The van der Waals surface area contributed by atoms with Crippen molar-refractivity contribution in [2.24, 2.45) is 5.92 Å². The fraction of sp³-hybridized carbons (Fsp3) is 1.00. The Bertz CT molecular complexity index is 202. The van der Waals surface area contributed by atoms with Crippen molar-refractivity contribution < 1.29 is 4.74 Å². The first kappa shape index (κ1) is 10.4. The summed E-state index contributed by atoms with van der Waals surface area (Å²) in [4.78, 5) is 0. The zero-order valence-corrected chi connectivity index (χ0v) is 9.89. The van der Waals surface area contributed by atoms with Crippen LogP contribution < -0.4 is 5.32 Å². The first-order valence-corrected chi connectivity index (χ1v) is 5.77. The number of ether oxygens (including phenoxy) is 1. The summed E-state index contributed by atoms with van der Waals surface area (Å²) in [5.74, 6) is 0.841. The van der Waals surface area contributed by atoms with E-state index in [1.165, 1.54) is 19.3 Å². The second kappa shape index (κ2) is 3.21. The molecule has 0 radical (unpaired) electrons. The summed E-state index contributed by atoms with van der Waals surface area (Å²) < 4.78 is 5.33. The lowest BCUT2D eigenvalue weighted by Crippen LogP contribution is -2.57. The van der Waals surface area contributed by atoms with Gasteiger partial charge in [-0.1, -0.05) is 0 Å². The van der Waals surface area contributed by atoms with Crippen LogP contribution in [0, 0.1) is 5.92 Å². The number of piperidine rings is 1. The quantitative estimate of drug-likeness (QED) is 0.687. The van der Waals surface area contributed by atoms with Gasteiger partial charge in [-0.2, -0.15) is 0 Å². The average Bonchev–Trinajstić information content (AvgIpc) is 2.62. The van der Waals surface area contributed by atoms with Crippen LogP contribution in [-0.4, -0.2) is 23.8 Å². The molecule has 0 amide bonds. The van der Waals surface area contributed by atoms with Gasteiger partial charge in [0.1, 0.15) is 0 Å². The standard InChI is InChI=1S/C12H23NO/c1-11(2)6-9(5-10-8-14-10)7-12(3,4)13-11/h9-10,13H,5-8H2,1-4H3. The van der Waals surface area contributed by atoms with Crippen LogP contribution in [0.1, 0.15) is 47.0 Å². The van der Waals surface area contributed by atoms with Gasteiger partial charge in [0, 0.05) is 11.1 Å². The van der Waals surface area contributed by atoms with Gasteiger partial charge in [-0.3, -0.25) is 0 Å². The van der Waals surface area contributed by atoms with Gasteiger partial charge in [0.15, 0.2) is 0 Å². The minimum atomic E-state index is 0.293. The topological polar surface area (TPSA) is 24.6 Å². The maximum Gasteiger partial charge on any atom is 0.0812 e. The van der Waals surface area contributed by atoms with Crippen LogP contribution in [0.4, 0.5) is 0 Å². The molecule has 14 heavy (non-hydrogen) atoms. The second-order valence-corrected chi connectivity index (χ2v) is 6.36. The Hall–Kier alpha value is -0.0800. The number of hydrogen-bond donors (Lipinski definition) is 1. The van der Waals surface area contributed by atoms with Crippen LogP contribution in [-0.2, 0) is 4.74 Å². The number of nitrogens with one attached hydrogen (secondary N) is 1. The SMILES string of the molecule is CC1(C)CC(CC2CO2)CC(C)(C)N1. The fourth-order valence-electron chi connectivity index (χ4n) is 3.28. The molecule has 2 rings (SSSR count). The Kier molecular flexibility index (Phi) is 2.39. The monoisotopic (exact) mass is 197 g/mol. The van der Waals surface area contributed by atoms with Crippen molar-refractivity contribution in [2.75, 3.05) is 6.61 Å². The highest BCUT2D eigenvalue weighted by Crippen LogP contribution is 2.37. The Morgan fingerprint density at radius 2 is 1.64 bits per heavy atom. The predicted octanol–water partition coefficient (Wildman–Crippen LogP) is 2.33. The van der Waals surface area contributed by atoms with Gasteiger partial charge < -0.3 is 10.1 Å². The van der Waals surface area contributed by atoms with Gasteiger partial charge in [-0.25, -0.2) is 0 Å².